The number of tetrazole rings is 1. The molecule has 1 fully saturated rings. The summed E-state index contributed by atoms with van der Waals surface area (Å²) in [7, 11) is 0. The van der Waals surface area contributed by atoms with Gasteiger partial charge in [0.2, 0.25) is 0 Å². The average molecular weight is 285 g/mol. The number of aromatic nitrogens is 4. The summed E-state index contributed by atoms with van der Waals surface area (Å²) in [4.78, 5) is 0. The van der Waals surface area contributed by atoms with Crippen molar-refractivity contribution in [3.8, 4) is 0 Å². The molecule has 0 aliphatic heterocycles. The molecule has 1 N–H and O–H groups in total. The first-order valence-electron chi connectivity index (χ1n) is 7.92. The molecule has 112 valence electrons. The molecule has 1 aromatic heterocycles. The van der Waals surface area contributed by atoms with Crippen molar-refractivity contribution >= 4 is 0 Å². The van der Waals surface area contributed by atoms with E-state index in [2.05, 4.69) is 58.1 Å². The van der Waals surface area contributed by atoms with Gasteiger partial charge in [-0.05, 0) is 41.2 Å². The van der Waals surface area contributed by atoms with Crippen LogP contribution in [0.2, 0.25) is 0 Å². The Morgan fingerprint density at radius 2 is 2.10 bits per heavy atom. The molecule has 1 saturated carbocycles. The maximum absolute atomic E-state index is 4.14. The van der Waals surface area contributed by atoms with Crippen LogP contribution in [0.3, 0.4) is 0 Å². The molecule has 3 rings (SSSR count). The van der Waals surface area contributed by atoms with Crippen LogP contribution in [-0.2, 0) is 13.1 Å². The SMILES string of the molecule is CCCn1nnnc1CN[C@H](c1ccccc1)C1CCC1. The fourth-order valence-electron chi connectivity index (χ4n) is 2.93. The number of benzene rings is 1. The number of hydrogen-bond donors (Lipinski definition) is 1. The summed E-state index contributed by atoms with van der Waals surface area (Å²) >= 11 is 0. The summed E-state index contributed by atoms with van der Waals surface area (Å²) in [6, 6.07) is 11.1. The largest absolute Gasteiger partial charge is 0.303 e. The Balaban J connectivity index is 1.69. The van der Waals surface area contributed by atoms with E-state index in [0.717, 1.165) is 31.3 Å². The third-order valence-electron chi connectivity index (χ3n) is 4.30. The molecule has 0 radical (unpaired) electrons. The normalized spacial score (nSPS) is 16.6. The van der Waals surface area contributed by atoms with Crippen LogP contribution in [0, 0.1) is 5.92 Å². The highest BCUT2D eigenvalue weighted by Crippen LogP contribution is 2.37. The van der Waals surface area contributed by atoms with Gasteiger partial charge < -0.3 is 5.32 Å². The number of rotatable bonds is 7. The second-order valence-corrected chi connectivity index (χ2v) is 5.78. The first-order chi connectivity index (χ1) is 10.4. The zero-order valence-electron chi connectivity index (χ0n) is 12.6. The minimum absolute atomic E-state index is 0.409. The van der Waals surface area contributed by atoms with Crippen LogP contribution in [-0.4, -0.2) is 20.2 Å². The maximum Gasteiger partial charge on any atom is 0.165 e. The van der Waals surface area contributed by atoms with Gasteiger partial charge in [-0.15, -0.1) is 5.10 Å². The number of aryl methyl sites for hydroxylation is 1. The maximum atomic E-state index is 4.14. The Bertz CT molecular complexity index is 547. The molecule has 0 unspecified atom stereocenters. The van der Waals surface area contributed by atoms with E-state index in [1.807, 2.05) is 4.68 Å². The van der Waals surface area contributed by atoms with E-state index in [0.29, 0.717) is 6.04 Å². The van der Waals surface area contributed by atoms with Crippen LogP contribution in [0.1, 0.15) is 50.0 Å². The standard InChI is InChI=1S/C16H23N5/c1-2-11-21-15(18-19-20-21)12-17-16(14-9-6-10-14)13-7-4-3-5-8-13/h3-5,7-8,14,16-17H,2,6,9-12H2,1H3/t16-/m1/s1. The van der Waals surface area contributed by atoms with Crippen molar-refractivity contribution in [3.05, 3.63) is 41.7 Å². The van der Waals surface area contributed by atoms with E-state index in [4.69, 9.17) is 0 Å². The lowest BCUT2D eigenvalue weighted by Crippen LogP contribution is -2.32. The first kappa shape index (κ1) is 14.2. The van der Waals surface area contributed by atoms with Crippen molar-refractivity contribution < 1.29 is 0 Å². The van der Waals surface area contributed by atoms with E-state index in [-0.39, 0.29) is 0 Å². The smallest absolute Gasteiger partial charge is 0.165 e. The predicted molar refractivity (Wildman–Crippen MR) is 81.5 cm³/mol. The van der Waals surface area contributed by atoms with Gasteiger partial charge in [0.1, 0.15) is 0 Å². The van der Waals surface area contributed by atoms with Crippen LogP contribution in [0.4, 0.5) is 0 Å². The van der Waals surface area contributed by atoms with Crippen LogP contribution in [0.15, 0.2) is 30.3 Å². The van der Waals surface area contributed by atoms with Crippen LogP contribution in [0.25, 0.3) is 0 Å². The quantitative estimate of drug-likeness (QED) is 0.850. The molecule has 0 bridgehead atoms. The third-order valence-corrected chi connectivity index (χ3v) is 4.30. The van der Waals surface area contributed by atoms with E-state index in [1.165, 1.54) is 24.8 Å². The van der Waals surface area contributed by atoms with E-state index < -0.39 is 0 Å². The van der Waals surface area contributed by atoms with E-state index in [1.54, 1.807) is 0 Å². The van der Waals surface area contributed by atoms with Crippen molar-refractivity contribution in [2.45, 2.75) is 51.7 Å². The average Bonchev–Trinajstić information content (AvgIpc) is 2.90. The fraction of sp³-hybridized carbons (Fsp3) is 0.562. The molecule has 2 aromatic rings. The molecule has 1 aromatic carbocycles. The molecule has 1 atom stereocenters. The topological polar surface area (TPSA) is 55.6 Å². The number of hydrogen-bond acceptors (Lipinski definition) is 4. The molecule has 5 heteroatoms. The molecule has 1 aliphatic carbocycles. The van der Waals surface area contributed by atoms with Gasteiger partial charge in [0.05, 0.1) is 6.54 Å². The van der Waals surface area contributed by atoms with Crippen LogP contribution >= 0.6 is 0 Å². The van der Waals surface area contributed by atoms with E-state index >= 15 is 0 Å². The van der Waals surface area contributed by atoms with Crippen LogP contribution in [0.5, 0.6) is 0 Å². The molecule has 21 heavy (non-hydrogen) atoms. The van der Waals surface area contributed by atoms with Crippen LogP contribution < -0.4 is 5.32 Å². The highest BCUT2D eigenvalue weighted by atomic mass is 15.5. The minimum Gasteiger partial charge on any atom is -0.303 e. The lowest BCUT2D eigenvalue weighted by atomic mass is 9.77. The first-order valence-corrected chi connectivity index (χ1v) is 7.92. The molecule has 0 spiro atoms. The summed E-state index contributed by atoms with van der Waals surface area (Å²) in [5.74, 6) is 1.67. The lowest BCUT2D eigenvalue weighted by Gasteiger charge is -2.34. The Morgan fingerprint density at radius 3 is 2.76 bits per heavy atom. The van der Waals surface area contributed by atoms with Gasteiger partial charge in [0.25, 0.3) is 0 Å². The lowest BCUT2D eigenvalue weighted by molar-refractivity contribution is 0.227. The monoisotopic (exact) mass is 285 g/mol. The minimum atomic E-state index is 0.409. The Morgan fingerprint density at radius 1 is 1.29 bits per heavy atom. The number of nitrogens with zero attached hydrogens (tertiary/aromatic N) is 4. The zero-order chi connectivity index (χ0) is 14.5. The molecule has 5 nitrogen and oxygen atoms in total. The summed E-state index contributed by atoms with van der Waals surface area (Å²) in [6.45, 7) is 3.74. The summed E-state index contributed by atoms with van der Waals surface area (Å²) in [6.07, 6.45) is 5.02. The van der Waals surface area contributed by atoms with Gasteiger partial charge in [-0.25, -0.2) is 4.68 Å². The van der Waals surface area contributed by atoms with Crippen molar-refractivity contribution in [2.24, 2.45) is 5.92 Å². The zero-order valence-corrected chi connectivity index (χ0v) is 12.6. The second kappa shape index (κ2) is 6.80. The van der Waals surface area contributed by atoms with Gasteiger partial charge in [-0.3, -0.25) is 0 Å². The predicted octanol–water partition coefficient (Wildman–Crippen LogP) is 2.71. The summed E-state index contributed by atoms with van der Waals surface area (Å²) < 4.78 is 1.90. The second-order valence-electron chi connectivity index (χ2n) is 5.78. The number of nitrogens with one attached hydrogen (secondary N) is 1. The molecular formula is C16H23N5. The van der Waals surface area contributed by atoms with Crippen molar-refractivity contribution in [1.82, 2.24) is 25.5 Å². The van der Waals surface area contributed by atoms with Gasteiger partial charge in [-0.1, -0.05) is 43.7 Å². The Labute approximate surface area is 125 Å². The van der Waals surface area contributed by atoms with Gasteiger partial charge >= 0.3 is 0 Å². The highest BCUT2D eigenvalue weighted by molar-refractivity contribution is 5.20. The van der Waals surface area contributed by atoms with E-state index in [9.17, 15) is 0 Å². The molecule has 0 saturated heterocycles. The molecule has 1 heterocycles. The van der Waals surface area contributed by atoms with Gasteiger partial charge in [-0.2, -0.15) is 0 Å². The third kappa shape index (κ3) is 3.29. The molecule has 0 amide bonds. The van der Waals surface area contributed by atoms with Gasteiger partial charge in [0.15, 0.2) is 5.82 Å². The highest BCUT2D eigenvalue weighted by Gasteiger charge is 2.28. The molecular weight excluding hydrogens is 262 g/mol. The van der Waals surface area contributed by atoms with Gasteiger partial charge in [0, 0.05) is 12.6 Å². The fourth-order valence-corrected chi connectivity index (χ4v) is 2.93. The summed E-state index contributed by atoms with van der Waals surface area (Å²) in [5, 5.41) is 15.7. The molecule has 1 aliphatic rings. The van der Waals surface area contributed by atoms with Crippen molar-refractivity contribution in [2.75, 3.05) is 0 Å². The summed E-state index contributed by atoms with van der Waals surface area (Å²) in [5.41, 5.74) is 1.37. The Hall–Kier alpha value is -1.75. The van der Waals surface area contributed by atoms with Crippen molar-refractivity contribution in [1.29, 1.82) is 0 Å². The van der Waals surface area contributed by atoms with Crippen molar-refractivity contribution in [3.63, 3.8) is 0 Å². The Kier molecular flexibility index (Phi) is 4.60.